The van der Waals surface area contributed by atoms with Crippen LogP contribution in [0.25, 0.3) is 0 Å². The maximum atomic E-state index is 12.6. The first-order valence-electron chi connectivity index (χ1n) is 14.4. The second kappa shape index (κ2) is 14.6. The number of carbonyl (C=O) groups excluding carboxylic acids is 1. The summed E-state index contributed by atoms with van der Waals surface area (Å²) in [7, 11) is 3.21. The number of aliphatic hydroxyl groups is 3. The lowest BCUT2D eigenvalue weighted by Crippen LogP contribution is -2.54. The van der Waals surface area contributed by atoms with E-state index in [0.29, 0.717) is 31.1 Å². The minimum absolute atomic E-state index is 0.0215. The van der Waals surface area contributed by atoms with Gasteiger partial charge in [-0.1, -0.05) is 19.1 Å². The lowest BCUT2D eigenvalue weighted by atomic mass is 9.72. The summed E-state index contributed by atoms with van der Waals surface area (Å²) in [6.45, 7) is 7.03. The van der Waals surface area contributed by atoms with E-state index in [-0.39, 0.29) is 18.6 Å². The standard InChI is InChI=1S/C26H35N3O6.C6H6BrNO/c1-16-5-8-24(27-10-16)28-11-19(12-28)35-23-9-18(6-7-22(23)34-4)20-13-29(25(33)21(32)14-30)15-26(20,3)17(2)31;1-9-5-2-3-6(7)8-4-5/h5-10,17,19-21,30-32H,11-15H2,1-4H3;2-4H,1H3/t17-,20+,21+,26+;/m1./s1. The molecule has 2 aromatic heterocycles. The number of rotatable bonds is 9. The van der Waals surface area contributed by atoms with Gasteiger partial charge in [0, 0.05) is 30.6 Å². The fraction of sp³-hybridized carbons (Fsp3) is 0.469. The summed E-state index contributed by atoms with van der Waals surface area (Å²) in [6, 6.07) is 13.4. The van der Waals surface area contributed by atoms with Gasteiger partial charge >= 0.3 is 0 Å². The Balaban J connectivity index is 0.000000421. The summed E-state index contributed by atoms with van der Waals surface area (Å²) >= 11 is 3.21. The minimum atomic E-state index is -1.47. The molecule has 2 aliphatic heterocycles. The highest BCUT2D eigenvalue weighted by atomic mass is 79.9. The van der Waals surface area contributed by atoms with Crippen molar-refractivity contribution in [3.8, 4) is 17.2 Å². The van der Waals surface area contributed by atoms with E-state index in [1.54, 1.807) is 27.3 Å². The average molecular weight is 674 g/mol. The van der Waals surface area contributed by atoms with Gasteiger partial charge in [0.2, 0.25) is 0 Å². The number of nitrogens with zero attached hydrogens (tertiary/aromatic N) is 4. The van der Waals surface area contributed by atoms with Crippen LogP contribution in [0.15, 0.2) is 59.5 Å². The van der Waals surface area contributed by atoms with Gasteiger partial charge in [0.05, 0.1) is 46.2 Å². The van der Waals surface area contributed by atoms with Crippen LogP contribution in [0, 0.1) is 12.3 Å². The molecule has 0 saturated carbocycles. The van der Waals surface area contributed by atoms with Gasteiger partial charge in [0.1, 0.15) is 22.3 Å². The monoisotopic (exact) mass is 672 g/mol. The molecule has 2 aliphatic rings. The Morgan fingerprint density at radius 3 is 2.36 bits per heavy atom. The van der Waals surface area contributed by atoms with Crippen LogP contribution in [0.2, 0.25) is 0 Å². The number of hydrogen-bond donors (Lipinski definition) is 3. The van der Waals surface area contributed by atoms with E-state index in [0.717, 1.165) is 27.3 Å². The number of aryl methyl sites for hydroxylation is 1. The van der Waals surface area contributed by atoms with Crippen LogP contribution < -0.4 is 19.1 Å². The molecule has 0 bridgehead atoms. The summed E-state index contributed by atoms with van der Waals surface area (Å²) in [4.78, 5) is 24.6. The van der Waals surface area contributed by atoms with Crippen molar-refractivity contribution < 1.29 is 34.3 Å². The quantitative estimate of drug-likeness (QED) is 0.291. The smallest absolute Gasteiger partial charge is 0.253 e. The fourth-order valence-electron chi connectivity index (χ4n) is 5.39. The highest BCUT2D eigenvalue weighted by Crippen LogP contribution is 2.47. The van der Waals surface area contributed by atoms with Crippen molar-refractivity contribution in [2.75, 3.05) is 51.9 Å². The number of pyridine rings is 2. The van der Waals surface area contributed by atoms with Crippen LogP contribution in [0.4, 0.5) is 5.82 Å². The number of aromatic nitrogens is 2. The van der Waals surface area contributed by atoms with Gasteiger partial charge < -0.3 is 39.3 Å². The SMILES string of the molecule is COc1ccc(Br)nc1.COc1ccc([C@@H]2CN(C(=O)[C@@H](O)CO)C[C@@]2(C)[C@@H](C)O)cc1OC1CN(c2ccc(C)cn2)C1. The molecule has 3 N–H and O–H groups in total. The lowest BCUT2D eigenvalue weighted by molar-refractivity contribution is -0.141. The van der Waals surface area contributed by atoms with Gasteiger partial charge in [-0.2, -0.15) is 0 Å². The van der Waals surface area contributed by atoms with Crippen molar-refractivity contribution in [1.29, 1.82) is 0 Å². The lowest BCUT2D eigenvalue weighted by Gasteiger charge is -2.40. The number of amides is 1. The van der Waals surface area contributed by atoms with Crippen LogP contribution in [0.1, 0.15) is 30.9 Å². The third-order valence-electron chi connectivity index (χ3n) is 8.34. The molecule has 238 valence electrons. The molecule has 0 radical (unpaired) electrons. The van der Waals surface area contributed by atoms with Crippen LogP contribution >= 0.6 is 15.9 Å². The molecule has 44 heavy (non-hydrogen) atoms. The molecular formula is C32H41BrN4O7. The van der Waals surface area contributed by atoms with E-state index in [1.165, 1.54) is 4.90 Å². The van der Waals surface area contributed by atoms with Gasteiger partial charge in [-0.15, -0.1) is 0 Å². The van der Waals surface area contributed by atoms with Crippen molar-refractivity contribution >= 4 is 27.7 Å². The Labute approximate surface area is 266 Å². The molecular weight excluding hydrogens is 632 g/mol. The largest absolute Gasteiger partial charge is 0.495 e. The zero-order chi connectivity index (χ0) is 32.0. The van der Waals surface area contributed by atoms with Crippen molar-refractivity contribution in [3.63, 3.8) is 0 Å². The van der Waals surface area contributed by atoms with E-state index in [9.17, 15) is 20.1 Å². The van der Waals surface area contributed by atoms with Gasteiger partial charge in [-0.05, 0) is 71.2 Å². The third-order valence-corrected chi connectivity index (χ3v) is 8.81. The molecule has 4 atom stereocenters. The molecule has 4 heterocycles. The zero-order valence-corrected chi connectivity index (χ0v) is 27.3. The number of anilines is 1. The summed E-state index contributed by atoms with van der Waals surface area (Å²) in [5, 5.41) is 29.7. The van der Waals surface area contributed by atoms with Gasteiger partial charge in [0.15, 0.2) is 17.6 Å². The van der Waals surface area contributed by atoms with Crippen LogP contribution in [-0.4, -0.2) is 101 Å². The van der Waals surface area contributed by atoms with E-state index in [4.69, 9.17) is 14.2 Å². The van der Waals surface area contributed by atoms with Crippen LogP contribution in [0.3, 0.4) is 0 Å². The number of hydrogen-bond acceptors (Lipinski definition) is 10. The average Bonchev–Trinajstić information content (AvgIpc) is 3.38. The van der Waals surface area contributed by atoms with Gasteiger partial charge in [-0.3, -0.25) is 4.79 Å². The Bertz CT molecular complexity index is 1390. The van der Waals surface area contributed by atoms with Crippen molar-refractivity contribution in [3.05, 3.63) is 70.6 Å². The Kier molecular flexibility index (Phi) is 11.1. The normalized spacial score (nSPS) is 21.1. The first-order valence-corrected chi connectivity index (χ1v) is 15.2. The predicted molar refractivity (Wildman–Crippen MR) is 169 cm³/mol. The second-order valence-corrected chi connectivity index (χ2v) is 12.2. The topological polar surface area (TPSA) is 138 Å². The van der Waals surface area contributed by atoms with Crippen molar-refractivity contribution in [1.82, 2.24) is 14.9 Å². The molecule has 5 rings (SSSR count). The number of halogens is 1. The predicted octanol–water partition coefficient (Wildman–Crippen LogP) is 3.19. The minimum Gasteiger partial charge on any atom is -0.495 e. The first kappa shape index (κ1) is 33.4. The van der Waals surface area contributed by atoms with Gasteiger partial charge in [0.25, 0.3) is 5.91 Å². The number of ether oxygens (including phenoxy) is 3. The van der Waals surface area contributed by atoms with Crippen molar-refractivity contribution in [2.24, 2.45) is 5.41 Å². The number of benzene rings is 1. The molecule has 0 aliphatic carbocycles. The van der Waals surface area contributed by atoms with E-state index in [1.807, 2.05) is 62.5 Å². The molecule has 1 amide bonds. The summed E-state index contributed by atoms with van der Waals surface area (Å²) < 4.78 is 17.5. The Morgan fingerprint density at radius 1 is 1.05 bits per heavy atom. The fourth-order valence-corrected chi connectivity index (χ4v) is 5.63. The zero-order valence-electron chi connectivity index (χ0n) is 25.7. The third kappa shape index (κ3) is 7.60. The maximum Gasteiger partial charge on any atom is 0.253 e. The first-order chi connectivity index (χ1) is 21.0. The number of carbonyl (C=O) groups is 1. The Hall–Kier alpha value is -3.45. The van der Waals surface area contributed by atoms with Crippen LogP contribution in [-0.2, 0) is 4.79 Å². The molecule has 1 aromatic carbocycles. The summed E-state index contributed by atoms with van der Waals surface area (Å²) in [5.74, 6) is 2.19. The molecule has 0 spiro atoms. The molecule has 12 heteroatoms. The molecule has 3 aromatic rings. The summed E-state index contributed by atoms with van der Waals surface area (Å²) in [6.07, 6.45) is 1.32. The molecule has 0 unspecified atom stereocenters. The van der Waals surface area contributed by atoms with Crippen LogP contribution in [0.5, 0.6) is 17.2 Å². The number of methoxy groups -OCH3 is 2. The summed E-state index contributed by atoms with van der Waals surface area (Å²) in [5.41, 5.74) is 1.39. The van der Waals surface area contributed by atoms with Crippen molar-refractivity contribution in [2.45, 2.75) is 45.0 Å². The van der Waals surface area contributed by atoms with E-state index in [2.05, 4.69) is 30.8 Å². The molecule has 11 nitrogen and oxygen atoms in total. The van der Waals surface area contributed by atoms with E-state index >= 15 is 0 Å². The van der Waals surface area contributed by atoms with E-state index < -0.39 is 30.1 Å². The second-order valence-electron chi connectivity index (χ2n) is 11.4. The molecule has 2 saturated heterocycles. The Morgan fingerprint density at radius 2 is 1.80 bits per heavy atom. The highest BCUT2D eigenvalue weighted by molar-refractivity contribution is 9.10. The highest BCUT2D eigenvalue weighted by Gasteiger charge is 2.49. The van der Waals surface area contributed by atoms with Gasteiger partial charge in [-0.25, -0.2) is 9.97 Å². The molecule has 2 fully saturated rings. The number of likely N-dealkylation sites (tertiary alicyclic amines) is 1. The maximum absolute atomic E-state index is 12.6. The number of aliphatic hydroxyl groups excluding tert-OH is 3.